The molecule has 1 N–H and O–H groups in total. The van der Waals surface area contributed by atoms with Crippen LogP contribution in [0.4, 0.5) is 11.4 Å². The summed E-state index contributed by atoms with van der Waals surface area (Å²) in [6.07, 6.45) is 5.21. The molecule has 1 saturated carbocycles. The van der Waals surface area contributed by atoms with Gasteiger partial charge >= 0.3 is 5.97 Å². The van der Waals surface area contributed by atoms with E-state index >= 15 is 0 Å². The molecule has 3 aromatic rings. The predicted molar refractivity (Wildman–Crippen MR) is 164 cm³/mol. The van der Waals surface area contributed by atoms with Gasteiger partial charge in [-0.2, -0.15) is 0 Å². The maximum Gasteiger partial charge on any atom is 0.326 e. The van der Waals surface area contributed by atoms with Gasteiger partial charge in [-0.15, -0.1) is 11.3 Å². The highest BCUT2D eigenvalue weighted by Crippen LogP contribution is 2.52. The number of carbonyl (C=O) groups is 2. The third kappa shape index (κ3) is 4.93. The molecular formula is C31H33N3O6S2. The summed E-state index contributed by atoms with van der Waals surface area (Å²) < 4.78 is 12.5. The van der Waals surface area contributed by atoms with Crippen molar-refractivity contribution in [3.05, 3.63) is 73.1 Å². The Morgan fingerprint density at radius 2 is 1.90 bits per heavy atom. The molecule has 1 aliphatic carbocycles. The highest BCUT2D eigenvalue weighted by Gasteiger charge is 2.42. The van der Waals surface area contributed by atoms with Crippen LogP contribution in [0.25, 0.3) is 11.0 Å². The average molecular weight is 608 g/mol. The van der Waals surface area contributed by atoms with Crippen molar-refractivity contribution in [3.63, 3.8) is 0 Å². The lowest BCUT2D eigenvalue weighted by atomic mass is 9.96. The van der Waals surface area contributed by atoms with E-state index in [0.717, 1.165) is 59.4 Å². The minimum absolute atomic E-state index is 0.184. The van der Waals surface area contributed by atoms with Gasteiger partial charge in [0, 0.05) is 29.9 Å². The second-order valence-electron chi connectivity index (χ2n) is 10.5. The number of carbonyl (C=O) groups excluding carboxylic acids is 2. The maximum atomic E-state index is 13.6. The molecule has 3 heterocycles. The summed E-state index contributed by atoms with van der Waals surface area (Å²) in [5, 5.41) is 10.4. The first-order chi connectivity index (χ1) is 20.3. The van der Waals surface area contributed by atoms with Gasteiger partial charge in [-0.3, -0.25) is 19.0 Å². The maximum absolute atomic E-state index is 13.6. The number of nitrogens with zero attached hydrogens (tertiary/aromatic N) is 3. The number of aromatic nitrogens is 1. The third-order valence-electron chi connectivity index (χ3n) is 8.15. The zero-order chi connectivity index (χ0) is 29.5. The Kier molecular flexibility index (Phi) is 7.91. The number of anilines is 2. The first kappa shape index (κ1) is 28.6. The summed E-state index contributed by atoms with van der Waals surface area (Å²) in [5.41, 5.74) is 3.05. The molecule has 0 bridgehead atoms. The lowest BCUT2D eigenvalue weighted by Crippen LogP contribution is -2.36. The van der Waals surface area contributed by atoms with E-state index in [1.54, 1.807) is 21.0 Å². The molecule has 3 atom stereocenters. The smallest absolute Gasteiger partial charge is 0.326 e. The van der Waals surface area contributed by atoms with Crippen molar-refractivity contribution >= 4 is 57.3 Å². The molecule has 0 spiro atoms. The number of amides is 1. The summed E-state index contributed by atoms with van der Waals surface area (Å²) in [6.45, 7) is 3.68. The Morgan fingerprint density at radius 3 is 2.60 bits per heavy atom. The number of thioether (sulfide) groups is 1. The number of rotatable bonds is 7. The second-order valence-corrected chi connectivity index (χ2v) is 12.6. The fourth-order valence-corrected chi connectivity index (χ4v) is 8.57. The average Bonchev–Trinajstić information content (AvgIpc) is 3.72. The van der Waals surface area contributed by atoms with Crippen molar-refractivity contribution in [2.45, 2.75) is 57.2 Å². The van der Waals surface area contributed by atoms with Crippen molar-refractivity contribution in [2.24, 2.45) is 0 Å². The normalized spacial score (nSPS) is 23.0. The molecule has 9 nitrogen and oxygen atoms in total. The Morgan fingerprint density at radius 1 is 1.12 bits per heavy atom. The molecule has 0 radical (unpaired) electrons. The largest absolute Gasteiger partial charge is 0.497 e. The molecule has 6 rings (SSSR count). The fourth-order valence-electron chi connectivity index (χ4n) is 6.25. The standard InChI is InChI=1S/C31H33N3O6S2/c1-4-32-29(37)27(42-31(32)38)30-33(17-26(35)40-5-2)28(36)25(41-30)16-18-9-14-24-22(15-18)21-7-6-8-23(21)34(24)19-10-12-20(39-3)13-11-19/h9-16,21,23,31,38H,4-8,17H2,1-3H3/b25-16+,30-27+. The van der Waals surface area contributed by atoms with Crippen molar-refractivity contribution in [3.8, 4) is 5.75 Å². The zero-order valence-electron chi connectivity index (χ0n) is 23.7. The summed E-state index contributed by atoms with van der Waals surface area (Å²) in [6, 6.07) is 14.8. The SMILES string of the molecule is CCOC(=O)Cn1c(=O)/c(=C\c2ccc3c(c2)C2CCCC2N3c2ccc(OC)cc2)s/c1=C1/SC(O)N(CC)C1=O. The molecule has 1 amide bonds. The third-order valence-corrected chi connectivity index (χ3v) is 10.5. The number of ether oxygens (including phenoxy) is 2. The topological polar surface area (TPSA) is 101 Å². The first-order valence-electron chi connectivity index (χ1n) is 14.2. The number of hydrogen-bond acceptors (Lipinski definition) is 9. The van der Waals surface area contributed by atoms with Gasteiger partial charge in [-0.05, 0) is 80.3 Å². The lowest BCUT2D eigenvalue weighted by molar-refractivity contribution is -0.144. The summed E-state index contributed by atoms with van der Waals surface area (Å²) in [4.78, 5) is 43.1. The summed E-state index contributed by atoms with van der Waals surface area (Å²) >= 11 is 2.15. The van der Waals surface area contributed by atoms with E-state index in [4.69, 9.17) is 9.47 Å². The summed E-state index contributed by atoms with van der Waals surface area (Å²) in [5.74, 6) is 0.309. The Labute approximate surface area is 251 Å². The van der Waals surface area contributed by atoms with E-state index in [-0.39, 0.29) is 29.5 Å². The van der Waals surface area contributed by atoms with Crippen molar-refractivity contribution in [1.82, 2.24) is 9.47 Å². The van der Waals surface area contributed by atoms with E-state index in [0.29, 0.717) is 27.7 Å². The molecule has 2 fully saturated rings. The first-order valence-corrected chi connectivity index (χ1v) is 15.9. The van der Waals surface area contributed by atoms with E-state index in [2.05, 4.69) is 29.2 Å². The quantitative estimate of drug-likeness (QED) is 0.409. The molecular weight excluding hydrogens is 574 g/mol. The van der Waals surface area contributed by atoms with Gasteiger partial charge in [0.2, 0.25) is 0 Å². The molecule has 2 aromatic carbocycles. The van der Waals surface area contributed by atoms with Gasteiger partial charge in [0.1, 0.15) is 21.9 Å². The molecule has 2 aliphatic heterocycles. The lowest BCUT2D eigenvalue weighted by Gasteiger charge is -2.27. The van der Waals surface area contributed by atoms with Crippen LogP contribution in [0.1, 0.15) is 50.2 Å². The molecule has 3 unspecified atom stereocenters. The number of aliphatic hydroxyl groups excluding tert-OH is 1. The van der Waals surface area contributed by atoms with Crippen molar-refractivity contribution < 1.29 is 24.2 Å². The molecule has 220 valence electrons. The van der Waals surface area contributed by atoms with Gasteiger partial charge in [0.05, 0.1) is 18.2 Å². The fraction of sp³-hybridized carbons (Fsp3) is 0.387. The van der Waals surface area contributed by atoms with Crippen LogP contribution in [0.3, 0.4) is 0 Å². The van der Waals surface area contributed by atoms with Gasteiger partial charge in [0.15, 0.2) is 5.56 Å². The van der Waals surface area contributed by atoms with E-state index in [9.17, 15) is 19.5 Å². The Bertz CT molecular complexity index is 1710. The highest BCUT2D eigenvalue weighted by molar-refractivity contribution is 8.10. The van der Waals surface area contributed by atoms with Gasteiger partial charge in [-0.1, -0.05) is 24.2 Å². The molecule has 11 heteroatoms. The van der Waals surface area contributed by atoms with E-state index < -0.39 is 11.5 Å². The van der Waals surface area contributed by atoms with Crippen LogP contribution in [0, 0.1) is 0 Å². The Hall–Kier alpha value is -3.54. The monoisotopic (exact) mass is 607 g/mol. The summed E-state index contributed by atoms with van der Waals surface area (Å²) in [7, 11) is 1.67. The molecule has 3 aliphatic rings. The number of thiazole rings is 1. The predicted octanol–water partition coefficient (Wildman–Crippen LogP) is 3.08. The van der Waals surface area contributed by atoms with Gasteiger partial charge in [0.25, 0.3) is 11.5 Å². The van der Waals surface area contributed by atoms with E-state index in [1.165, 1.54) is 20.7 Å². The van der Waals surface area contributed by atoms with Crippen molar-refractivity contribution in [2.75, 3.05) is 25.2 Å². The molecule has 1 saturated heterocycles. The van der Waals surface area contributed by atoms with Gasteiger partial charge < -0.3 is 24.4 Å². The van der Waals surface area contributed by atoms with Crippen LogP contribution in [-0.4, -0.2) is 58.3 Å². The van der Waals surface area contributed by atoms with Crippen LogP contribution in [0.15, 0.2) is 47.3 Å². The van der Waals surface area contributed by atoms with Crippen LogP contribution < -0.4 is 24.4 Å². The highest BCUT2D eigenvalue weighted by atomic mass is 32.2. The molecule has 1 aromatic heterocycles. The van der Waals surface area contributed by atoms with Crippen LogP contribution in [-0.2, 0) is 20.9 Å². The van der Waals surface area contributed by atoms with Crippen LogP contribution >= 0.6 is 23.1 Å². The number of fused-ring (bicyclic) bond motifs is 3. The van der Waals surface area contributed by atoms with Crippen LogP contribution in [0.5, 0.6) is 5.75 Å². The number of benzene rings is 2. The Balaban J connectivity index is 1.44. The minimum atomic E-state index is -1.04. The van der Waals surface area contributed by atoms with Crippen molar-refractivity contribution in [1.29, 1.82) is 0 Å². The number of aliphatic hydroxyl groups is 1. The van der Waals surface area contributed by atoms with Gasteiger partial charge in [-0.25, -0.2) is 0 Å². The minimum Gasteiger partial charge on any atom is -0.497 e. The number of hydrogen-bond donors (Lipinski definition) is 1. The number of esters is 1. The van der Waals surface area contributed by atoms with Crippen LogP contribution in [0.2, 0.25) is 0 Å². The van der Waals surface area contributed by atoms with E-state index in [1.807, 2.05) is 24.3 Å². The second kappa shape index (κ2) is 11.6. The number of methoxy groups -OCH3 is 1. The molecule has 42 heavy (non-hydrogen) atoms. The zero-order valence-corrected chi connectivity index (χ0v) is 25.4.